The molecule has 2 aliphatic rings. The van der Waals surface area contributed by atoms with E-state index in [9.17, 15) is 8.78 Å². The largest absolute Gasteiger partial charge is 0.334 e. The second-order valence-electron chi connectivity index (χ2n) is 6.56. The summed E-state index contributed by atoms with van der Waals surface area (Å²) in [6.07, 6.45) is 5.22. The Hall–Kier alpha value is -2.08. The van der Waals surface area contributed by atoms with E-state index in [0.29, 0.717) is 5.71 Å². The maximum Gasteiger partial charge on any atom is 0.135 e. The molecule has 1 atom stereocenters. The third-order valence-corrected chi connectivity index (χ3v) is 6.05. The molecule has 0 spiro atoms. The van der Waals surface area contributed by atoms with E-state index in [4.69, 9.17) is 5.41 Å². The molecule has 130 valence electrons. The summed E-state index contributed by atoms with van der Waals surface area (Å²) in [7, 11) is 0. The fourth-order valence-electron chi connectivity index (χ4n) is 3.54. The Labute approximate surface area is 149 Å². The average Bonchev–Trinajstić information content (AvgIpc) is 2.70. The van der Waals surface area contributed by atoms with Crippen molar-refractivity contribution in [2.24, 2.45) is 4.99 Å². The summed E-state index contributed by atoms with van der Waals surface area (Å²) in [4.78, 5) is 5.81. The molecule has 0 amide bonds. The van der Waals surface area contributed by atoms with Crippen molar-refractivity contribution in [3.8, 4) is 0 Å². The lowest BCUT2D eigenvalue weighted by molar-refractivity contribution is 0.579. The van der Waals surface area contributed by atoms with Crippen LogP contribution in [0.15, 0.2) is 23.2 Å². The maximum atomic E-state index is 14.5. The number of rotatable bonds is 1. The van der Waals surface area contributed by atoms with Crippen LogP contribution in [0.2, 0.25) is 0 Å². The van der Waals surface area contributed by atoms with E-state index in [0.717, 1.165) is 48.2 Å². The van der Waals surface area contributed by atoms with Gasteiger partial charge in [0.2, 0.25) is 0 Å². The first-order valence-electron chi connectivity index (χ1n) is 8.59. The molecule has 1 aliphatic carbocycles. The van der Waals surface area contributed by atoms with E-state index in [1.807, 2.05) is 0 Å². The van der Waals surface area contributed by atoms with Crippen LogP contribution in [0.3, 0.4) is 0 Å². The highest BCUT2D eigenvalue weighted by molar-refractivity contribution is 7.17. The van der Waals surface area contributed by atoms with Crippen LogP contribution >= 0.6 is 11.3 Å². The molecule has 2 aromatic rings. The number of anilines is 1. The van der Waals surface area contributed by atoms with Gasteiger partial charge in [0, 0.05) is 10.4 Å². The molecule has 0 saturated heterocycles. The lowest BCUT2D eigenvalue weighted by Gasteiger charge is -2.12. The number of thiophene rings is 1. The van der Waals surface area contributed by atoms with Gasteiger partial charge in [0.25, 0.3) is 0 Å². The number of benzene rings is 1. The van der Waals surface area contributed by atoms with Crippen molar-refractivity contribution in [3.05, 3.63) is 51.4 Å². The van der Waals surface area contributed by atoms with Crippen LogP contribution in [-0.4, -0.2) is 17.6 Å². The molecule has 1 aromatic carbocycles. The number of fused-ring (bicyclic) bond motifs is 3. The lowest BCUT2D eigenvalue weighted by Crippen LogP contribution is -2.21. The Balaban J connectivity index is 1.99. The number of aryl methyl sites for hydroxylation is 1. The number of aliphatic imine (C=N–C) groups is 1. The molecule has 6 heteroatoms. The van der Waals surface area contributed by atoms with Gasteiger partial charge in [0.05, 0.1) is 11.3 Å². The SMILES string of the molecule is C[C@@H]1N=C(c2c(F)cccc2F)c2c(sc3c2CCCCC3)NC1=N. The van der Waals surface area contributed by atoms with Crippen molar-refractivity contribution in [2.75, 3.05) is 5.32 Å². The summed E-state index contributed by atoms with van der Waals surface area (Å²) in [6, 6.07) is 3.42. The van der Waals surface area contributed by atoms with Crippen LogP contribution in [0, 0.1) is 17.0 Å². The highest BCUT2D eigenvalue weighted by atomic mass is 32.1. The molecule has 1 aromatic heterocycles. The normalized spacial score (nSPS) is 20.0. The van der Waals surface area contributed by atoms with E-state index in [-0.39, 0.29) is 11.4 Å². The lowest BCUT2D eigenvalue weighted by atomic mass is 9.96. The zero-order valence-electron chi connectivity index (χ0n) is 14.0. The van der Waals surface area contributed by atoms with Gasteiger partial charge in [-0.3, -0.25) is 10.4 Å². The summed E-state index contributed by atoms with van der Waals surface area (Å²) < 4.78 is 29.0. The number of hydrogen-bond donors (Lipinski definition) is 2. The smallest absolute Gasteiger partial charge is 0.135 e. The number of nitrogens with one attached hydrogen (secondary N) is 2. The molecular weight excluding hydrogens is 340 g/mol. The summed E-state index contributed by atoms with van der Waals surface area (Å²) in [6.45, 7) is 1.77. The van der Waals surface area contributed by atoms with Crippen molar-refractivity contribution in [3.63, 3.8) is 0 Å². The first-order chi connectivity index (χ1) is 12.1. The molecule has 0 unspecified atom stereocenters. The summed E-state index contributed by atoms with van der Waals surface area (Å²) >= 11 is 1.60. The molecule has 2 N–H and O–H groups in total. The summed E-state index contributed by atoms with van der Waals surface area (Å²) in [5.41, 5.74) is 2.19. The van der Waals surface area contributed by atoms with Crippen LogP contribution < -0.4 is 5.32 Å². The molecule has 0 bridgehead atoms. The Morgan fingerprint density at radius 2 is 1.84 bits per heavy atom. The van der Waals surface area contributed by atoms with Crippen LogP contribution in [0.25, 0.3) is 0 Å². The van der Waals surface area contributed by atoms with E-state index in [1.165, 1.54) is 23.1 Å². The second kappa shape index (κ2) is 6.33. The average molecular weight is 359 g/mol. The monoisotopic (exact) mass is 359 g/mol. The predicted molar refractivity (Wildman–Crippen MR) is 98.4 cm³/mol. The maximum absolute atomic E-state index is 14.5. The molecule has 0 saturated carbocycles. The molecule has 0 fully saturated rings. The topological polar surface area (TPSA) is 48.2 Å². The van der Waals surface area contributed by atoms with Crippen LogP contribution in [0.4, 0.5) is 13.8 Å². The van der Waals surface area contributed by atoms with Gasteiger partial charge in [-0.1, -0.05) is 12.5 Å². The summed E-state index contributed by atoms with van der Waals surface area (Å²) in [5.74, 6) is -0.970. The number of halogens is 2. The number of hydrogen-bond acceptors (Lipinski definition) is 3. The molecule has 3 nitrogen and oxygen atoms in total. The number of nitrogens with zero attached hydrogens (tertiary/aromatic N) is 1. The molecule has 2 heterocycles. The fourth-order valence-corrected chi connectivity index (χ4v) is 4.85. The fraction of sp³-hybridized carbons (Fsp3) is 0.368. The molecule has 0 radical (unpaired) electrons. The quantitative estimate of drug-likeness (QED) is 0.697. The molecule has 4 rings (SSSR count). The Morgan fingerprint density at radius 3 is 2.60 bits per heavy atom. The minimum absolute atomic E-state index is 0.0862. The van der Waals surface area contributed by atoms with Gasteiger partial charge >= 0.3 is 0 Å². The predicted octanol–water partition coefficient (Wildman–Crippen LogP) is 4.92. The van der Waals surface area contributed by atoms with E-state index >= 15 is 0 Å². The second-order valence-corrected chi connectivity index (χ2v) is 7.66. The van der Waals surface area contributed by atoms with Gasteiger partial charge in [-0.05, 0) is 50.3 Å². The van der Waals surface area contributed by atoms with Gasteiger partial charge in [0.1, 0.15) is 28.5 Å². The Morgan fingerprint density at radius 1 is 1.12 bits per heavy atom. The molecular formula is C19H19F2N3S. The van der Waals surface area contributed by atoms with E-state index in [2.05, 4.69) is 10.3 Å². The van der Waals surface area contributed by atoms with Crippen LogP contribution in [0.5, 0.6) is 0 Å². The van der Waals surface area contributed by atoms with Crippen molar-refractivity contribution >= 4 is 27.9 Å². The third-order valence-electron chi connectivity index (χ3n) is 4.85. The number of amidine groups is 1. The van der Waals surface area contributed by atoms with Crippen molar-refractivity contribution in [1.29, 1.82) is 5.41 Å². The Kier molecular flexibility index (Phi) is 4.15. The third kappa shape index (κ3) is 2.78. The van der Waals surface area contributed by atoms with Gasteiger partial charge in [-0.25, -0.2) is 8.78 Å². The first kappa shape index (κ1) is 16.4. The van der Waals surface area contributed by atoms with Gasteiger partial charge in [-0.15, -0.1) is 11.3 Å². The minimum atomic E-state index is -0.612. The van der Waals surface area contributed by atoms with Crippen molar-refractivity contribution in [2.45, 2.75) is 45.1 Å². The van der Waals surface area contributed by atoms with E-state index < -0.39 is 17.7 Å². The van der Waals surface area contributed by atoms with Gasteiger partial charge in [0.15, 0.2) is 0 Å². The highest BCUT2D eigenvalue weighted by Gasteiger charge is 2.30. The molecule has 25 heavy (non-hydrogen) atoms. The van der Waals surface area contributed by atoms with Crippen LogP contribution in [-0.2, 0) is 12.8 Å². The zero-order chi connectivity index (χ0) is 17.6. The standard InChI is InChI=1S/C19H19F2N3S/c1-10-18(22)24-19-15(11-6-3-2-4-9-14(11)25-19)17(23-10)16-12(20)7-5-8-13(16)21/h5,7-8,10H,2-4,6,9H2,1H3,(H2,22,24)/t10-/m0/s1. The zero-order valence-corrected chi connectivity index (χ0v) is 14.8. The first-order valence-corrected chi connectivity index (χ1v) is 9.40. The highest BCUT2D eigenvalue weighted by Crippen LogP contribution is 2.40. The summed E-state index contributed by atoms with van der Waals surface area (Å²) in [5, 5.41) is 12.1. The van der Waals surface area contributed by atoms with Gasteiger partial charge in [-0.2, -0.15) is 0 Å². The molecule has 1 aliphatic heterocycles. The minimum Gasteiger partial charge on any atom is -0.334 e. The Bertz CT molecular complexity index is 865. The van der Waals surface area contributed by atoms with Gasteiger partial charge < -0.3 is 5.32 Å². The van der Waals surface area contributed by atoms with E-state index in [1.54, 1.807) is 18.3 Å². The van der Waals surface area contributed by atoms with Crippen molar-refractivity contribution < 1.29 is 8.78 Å². The van der Waals surface area contributed by atoms with Crippen LogP contribution in [0.1, 0.15) is 47.8 Å². The van der Waals surface area contributed by atoms with Crippen molar-refractivity contribution in [1.82, 2.24) is 0 Å².